The van der Waals surface area contributed by atoms with Gasteiger partial charge in [-0.15, -0.1) is 0 Å². The third kappa shape index (κ3) is 3.82. The SMILES string of the molecule is [2H]C([2H])([2H])c1cc(C)c(-c2ccc(C([2H])([2H])C(C)C)c[n+]2C)cc1-c1ccccc1. The number of aromatic nitrogens is 1. The van der Waals surface area contributed by atoms with E-state index in [1.807, 2.05) is 87.1 Å². The molecule has 1 aromatic heterocycles. The highest BCUT2D eigenvalue weighted by molar-refractivity contribution is 5.75. The van der Waals surface area contributed by atoms with Gasteiger partial charge in [-0.3, -0.25) is 0 Å². The molecule has 0 unspecified atom stereocenters. The zero-order valence-electron chi connectivity index (χ0n) is 20.3. The van der Waals surface area contributed by atoms with E-state index in [-0.39, 0.29) is 5.92 Å². The monoisotopic (exact) mass is 335 g/mol. The van der Waals surface area contributed by atoms with Gasteiger partial charge in [-0.2, -0.15) is 0 Å². The largest absolute Gasteiger partial charge is 0.212 e. The normalized spacial score (nSPS) is 15.2. The van der Waals surface area contributed by atoms with Crippen molar-refractivity contribution in [1.82, 2.24) is 0 Å². The molecule has 0 bridgehead atoms. The molecule has 0 atom stereocenters. The third-order valence-electron chi connectivity index (χ3n) is 4.31. The summed E-state index contributed by atoms with van der Waals surface area (Å²) >= 11 is 0. The molecule has 128 valence electrons. The van der Waals surface area contributed by atoms with Gasteiger partial charge in [0.15, 0.2) is 6.20 Å². The van der Waals surface area contributed by atoms with Gasteiger partial charge in [0, 0.05) is 24.0 Å². The van der Waals surface area contributed by atoms with Gasteiger partial charge in [-0.05, 0) is 60.5 Å². The van der Waals surface area contributed by atoms with Gasteiger partial charge in [0.1, 0.15) is 7.05 Å². The predicted octanol–water partition coefficient (Wildman–Crippen LogP) is 5.66. The molecule has 0 aliphatic carbocycles. The molecule has 25 heavy (non-hydrogen) atoms. The molecule has 0 saturated heterocycles. The van der Waals surface area contributed by atoms with Crippen molar-refractivity contribution in [2.24, 2.45) is 13.0 Å². The Balaban J connectivity index is 2.20. The Hall–Kier alpha value is -2.41. The van der Waals surface area contributed by atoms with Gasteiger partial charge in [-0.25, -0.2) is 4.57 Å². The summed E-state index contributed by atoms with van der Waals surface area (Å²) in [6.45, 7) is 3.45. The molecule has 0 N–H and O–H groups in total. The van der Waals surface area contributed by atoms with Gasteiger partial charge in [0.05, 0.1) is 0 Å². The maximum Gasteiger partial charge on any atom is 0.212 e. The fourth-order valence-electron chi connectivity index (χ4n) is 3.15. The highest BCUT2D eigenvalue weighted by atomic mass is 14.9. The number of aryl methyl sites for hydroxylation is 3. The first kappa shape index (κ1) is 12.0. The Bertz CT molecular complexity index is 1050. The van der Waals surface area contributed by atoms with Crippen LogP contribution in [0.3, 0.4) is 0 Å². The second-order valence-corrected chi connectivity index (χ2v) is 6.79. The van der Waals surface area contributed by atoms with Crippen molar-refractivity contribution >= 4 is 0 Å². The summed E-state index contributed by atoms with van der Waals surface area (Å²) in [5.74, 6) is -0.145. The van der Waals surface area contributed by atoms with Crippen LogP contribution in [-0.4, -0.2) is 0 Å². The molecule has 0 radical (unpaired) electrons. The van der Waals surface area contributed by atoms with Crippen LogP contribution in [0.2, 0.25) is 0 Å². The number of hydrogen-bond acceptors (Lipinski definition) is 0. The quantitative estimate of drug-likeness (QED) is 0.542. The number of benzene rings is 2. The molecular weight excluding hydrogens is 302 g/mol. The van der Waals surface area contributed by atoms with Gasteiger partial charge in [0.25, 0.3) is 0 Å². The van der Waals surface area contributed by atoms with Crippen molar-refractivity contribution in [1.29, 1.82) is 0 Å². The summed E-state index contributed by atoms with van der Waals surface area (Å²) in [5, 5.41) is 0. The molecule has 3 aromatic rings. The van der Waals surface area contributed by atoms with Crippen LogP contribution in [-0.2, 0) is 13.4 Å². The zero-order chi connectivity index (χ0) is 22.3. The lowest BCUT2D eigenvalue weighted by molar-refractivity contribution is -0.660. The van der Waals surface area contributed by atoms with Gasteiger partial charge in [0.2, 0.25) is 5.69 Å². The van der Waals surface area contributed by atoms with Crippen LogP contribution >= 0.6 is 0 Å². The lowest BCUT2D eigenvalue weighted by atomic mass is 9.93. The molecular formula is C24H28N+. The van der Waals surface area contributed by atoms with Gasteiger partial charge in [-0.1, -0.05) is 50.2 Å². The fourth-order valence-corrected chi connectivity index (χ4v) is 3.15. The topological polar surface area (TPSA) is 3.88 Å². The molecule has 1 heteroatoms. The maximum atomic E-state index is 8.37. The van der Waals surface area contributed by atoms with Crippen LogP contribution in [0.4, 0.5) is 0 Å². The van der Waals surface area contributed by atoms with Crippen LogP contribution in [0.1, 0.15) is 37.4 Å². The van der Waals surface area contributed by atoms with Crippen LogP contribution in [0, 0.1) is 19.7 Å². The molecule has 0 aliphatic rings. The highest BCUT2D eigenvalue weighted by Crippen LogP contribution is 2.31. The second kappa shape index (κ2) is 7.23. The van der Waals surface area contributed by atoms with Gasteiger partial charge < -0.3 is 0 Å². The fraction of sp³-hybridized carbons (Fsp3) is 0.292. The summed E-state index contributed by atoms with van der Waals surface area (Å²) in [5.41, 5.74) is 5.23. The van der Waals surface area contributed by atoms with E-state index in [4.69, 9.17) is 6.85 Å². The zero-order valence-corrected chi connectivity index (χ0v) is 15.3. The first-order chi connectivity index (χ1) is 13.9. The van der Waals surface area contributed by atoms with Crippen molar-refractivity contribution in [3.63, 3.8) is 0 Å². The summed E-state index contributed by atoms with van der Waals surface area (Å²) in [6, 6.07) is 17.0. The molecule has 1 nitrogen and oxygen atoms in total. The van der Waals surface area contributed by atoms with Gasteiger partial charge >= 0.3 is 0 Å². The van der Waals surface area contributed by atoms with E-state index in [1.165, 1.54) is 0 Å². The summed E-state index contributed by atoms with van der Waals surface area (Å²) in [7, 11) is 1.90. The van der Waals surface area contributed by atoms with Crippen LogP contribution < -0.4 is 4.57 Å². The number of hydrogen-bond donors (Lipinski definition) is 0. The molecule has 2 aromatic carbocycles. The highest BCUT2D eigenvalue weighted by Gasteiger charge is 2.16. The number of pyridine rings is 1. The smallest absolute Gasteiger partial charge is 0.201 e. The summed E-state index contributed by atoms with van der Waals surface area (Å²) in [6.07, 6.45) is 0.403. The lowest BCUT2D eigenvalue weighted by Gasteiger charge is -2.12. The first-order valence-corrected chi connectivity index (χ1v) is 8.64. The average molecular weight is 336 g/mol. The van der Waals surface area contributed by atoms with Crippen molar-refractivity contribution in [3.8, 4) is 22.4 Å². The molecule has 1 heterocycles. The Morgan fingerprint density at radius 3 is 2.40 bits per heavy atom. The van der Waals surface area contributed by atoms with E-state index < -0.39 is 13.2 Å². The molecule has 0 fully saturated rings. The number of rotatable bonds is 4. The van der Waals surface area contributed by atoms with Crippen LogP contribution in [0.15, 0.2) is 60.8 Å². The Morgan fingerprint density at radius 1 is 1.00 bits per heavy atom. The Kier molecular flexibility index (Phi) is 3.48. The summed E-state index contributed by atoms with van der Waals surface area (Å²) in [4.78, 5) is 0. The lowest BCUT2D eigenvalue weighted by Crippen LogP contribution is -2.31. The molecule has 3 rings (SSSR count). The van der Waals surface area contributed by atoms with E-state index in [9.17, 15) is 0 Å². The number of nitrogens with zero attached hydrogens (tertiary/aromatic N) is 1. The summed E-state index contributed by atoms with van der Waals surface area (Å²) < 4.78 is 42.7. The van der Waals surface area contributed by atoms with Crippen molar-refractivity contribution in [2.45, 2.75) is 34.0 Å². The molecule has 0 spiro atoms. The van der Waals surface area contributed by atoms with E-state index in [2.05, 4.69) is 0 Å². The van der Waals surface area contributed by atoms with Crippen molar-refractivity contribution in [2.75, 3.05) is 0 Å². The molecule has 0 aliphatic heterocycles. The van der Waals surface area contributed by atoms with E-state index in [0.717, 1.165) is 22.4 Å². The van der Waals surface area contributed by atoms with Crippen molar-refractivity contribution < 1.29 is 11.4 Å². The van der Waals surface area contributed by atoms with E-state index in [0.29, 0.717) is 16.7 Å². The van der Waals surface area contributed by atoms with E-state index in [1.54, 1.807) is 6.07 Å². The van der Waals surface area contributed by atoms with E-state index >= 15 is 0 Å². The minimum absolute atomic E-state index is 0.145. The van der Waals surface area contributed by atoms with Crippen LogP contribution in [0.5, 0.6) is 0 Å². The van der Waals surface area contributed by atoms with Crippen LogP contribution in [0.25, 0.3) is 22.4 Å². The molecule has 0 saturated carbocycles. The molecule has 0 amide bonds. The standard InChI is InChI=1S/C24H28N/c1-17(2)13-20-11-12-24(25(5)16-20)23-15-22(18(3)14-19(23)4)21-9-7-6-8-10-21/h6-12,14-17H,13H2,1-5H3/q+1/i3D3,13D2. The third-order valence-corrected chi connectivity index (χ3v) is 4.31. The Morgan fingerprint density at radius 2 is 1.76 bits per heavy atom. The Labute approximate surface area is 159 Å². The maximum absolute atomic E-state index is 8.37. The first-order valence-electron chi connectivity index (χ1n) is 11.1. The predicted molar refractivity (Wildman–Crippen MR) is 107 cm³/mol. The minimum atomic E-state index is -2.21. The average Bonchev–Trinajstić information content (AvgIpc) is 2.68. The minimum Gasteiger partial charge on any atom is -0.201 e. The van der Waals surface area contributed by atoms with Crippen molar-refractivity contribution in [3.05, 3.63) is 77.5 Å². The second-order valence-electron chi connectivity index (χ2n) is 6.79.